The van der Waals surface area contributed by atoms with Gasteiger partial charge >= 0.3 is 0 Å². The minimum atomic E-state index is -0.122. The van der Waals surface area contributed by atoms with Crippen LogP contribution in [0, 0.1) is 12.3 Å². The number of rotatable bonds is 2. The molecule has 2 aromatic rings. The third kappa shape index (κ3) is 2.61. The number of carbonyl (C=O) groups excluding carboxylic acids is 1. The van der Waals surface area contributed by atoms with Crippen LogP contribution in [-0.4, -0.2) is 23.8 Å². The molecular weight excluding hydrogens is 282 g/mol. The quantitative estimate of drug-likeness (QED) is 0.835. The minimum absolute atomic E-state index is 0.122. The number of ketones is 1. The summed E-state index contributed by atoms with van der Waals surface area (Å²) >= 11 is 0. The average molecular weight is 305 g/mol. The molecule has 4 rings (SSSR count). The molecule has 0 saturated carbocycles. The van der Waals surface area contributed by atoms with Crippen LogP contribution in [0.4, 0.5) is 0 Å². The van der Waals surface area contributed by atoms with Crippen molar-refractivity contribution >= 4 is 5.78 Å². The smallest absolute Gasteiger partial charge is 0.169 e. The van der Waals surface area contributed by atoms with Crippen LogP contribution in [0.3, 0.4) is 0 Å². The van der Waals surface area contributed by atoms with Gasteiger partial charge in [0.1, 0.15) is 0 Å². The Morgan fingerprint density at radius 3 is 2.52 bits per heavy atom. The SMILES string of the molecule is Cc1ccc2c(c1)C(=O)C1(CCN(Cc3ccccc3)CC1)C2. The zero-order valence-corrected chi connectivity index (χ0v) is 13.7. The lowest BCUT2D eigenvalue weighted by Gasteiger charge is -2.38. The number of aryl methyl sites for hydroxylation is 1. The second-order valence-corrected chi connectivity index (χ2v) is 7.21. The number of fused-ring (bicyclic) bond motifs is 1. The van der Waals surface area contributed by atoms with Gasteiger partial charge in [0.25, 0.3) is 0 Å². The average Bonchev–Trinajstić information content (AvgIpc) is 2.83. The lowest BCUT2D eigenvalue weighted by atomic mass is 9.75. The molecule has 2 heteroatoms. The molecule has 0 bridgehead atoms. The van der Waals surface area contributed by atoms with Crippen LogP contribution >= 0.6 is 0 Å². The van der Waals surface area contributed by atoms with E-state index in [1.807, 2.05) is 0 Å². The zero-order chi connectivity index (χ0) is 15.9. The summed E-state index contributed by atoms with van der Waals surface area (Å²) in [6.07, 6.45) is 2.93. The molecule has 1 saturated heterocycles. The van der Waals surface area contributed by atoms with Crippen molar-refractivity contribution in [1.82, 2.24) is 4.90 Å². The van der Waals surface area contributed by atoms with E-state index in [1.165, 1.54) is 16.7 Å². The summed E-state index contributed by atoms with van der Waals surface area (Å²) in [6.45, 7) is 5.11. The lowest BCUT2D eigenvalue weighted by Crippen LogP contribution is -2.42. The minimum Gasteiger partial charge on any atom is -0.299 e. The maximum Gasteiger partial charge on any atom is 0.169 e. The Kier molecular flexibility index (Phi) is 3.57. The molecule has 0 radical (unpaired) electrons. The van der Waals surface area contributed by atoms with E-state index in [2.05, 4.69) is 60.4 Å². The van der Waals surface area contributed by atoms with Crippen molar-refractivity contribution in [2.45, 2.75) is 32.7 Å². The van der Waals surface area contributed by atoms with E-state index >= 15 is 0 Å². The molecule has 0 aromatic heterocycles. The number of carbonyl (C=O) groups is 1. The molecule has 1 aliphatic heterocycles. The van der Waals surface area contributed by atoms with E-state index in [1.54, 1.807) is 0 Å². The summed E-state index contributed by atoms with van der Waals surface area (Å²) in [5.74, 6) is 0.399. The fraction of sp³-hybridized carbons (Fsp3) is 0.381. The van der Waals surface area contributed by atoms with Crippen LogP contribution in [0.1, 0.15) is 39.9 Å². The highest BCUT2D eigenvalue weighted by molar-refractivity contribution is 6.05. The van der Waals surface area contributed by atoms with Crippen LogP contribution in [0.2, 0.25) is 0 Å². The Hall–Kier alpha value is -1.93. The van der Waals surface area contributed by atoms with Crippen molar-refractivity contribution in [2.24, 2.45) is 5.41 Å². The molecule has 2 aromatic carbocycles. The number of nitrogens with zero attached hydrogens (tertiary/aromatic N) is 1. The van der Waals surface area contributed by atoms with Crippen molar-refractivity contribution in [3.05, 3.63) is 70.8 Å². The van der Waals surface area contributed by atoms with Crippen LogP contribution < -0.4 is 0 Å². The van der Waals surface area contributed by atoms with Gasteiger partial charge < -0.3 is 0 Å². The van der Waals surface area contributed by atoms with Gasteiger partial charge in [0.05, 0.1) is 0 Å². The first-order valence-corrected chi connectivity index (χ1v) is 8.57. The summed E-state index contributed by atoms with van der Waals surface area (Å²) < 4.78 is 0. The molecular formula is C21H23NO. The predicted molar refractivity (Wildman–Crippen MR) is 92.6 cm³/mol. The normalized spacial score (nSPS) is 20.0. The standard InChI is InChI=1S/C21H23NO/c1-16-7-8-18-14-21(20(23)19(18)13-16)9-11-22(12-10-21)15-17-5-3-2-4-6-17/h2-8,13H,9-12,14-15H2,1H3. The Morgan fingerprint density at radius 1 is 1.04 bits per heavy atom. The summed E-state index contributed by atoms with van der Waals surface area (Å²) in [5.41, 5.74) is 4.68. The van der Waals surface area contributed by atoms with Crippen molar-refractivity contribution in [3.63, 3.8) is 0 Å². The summed E-state index contributed by atoms with van der Waals surface area (Å²) in [5, 5.41) is 0. The molecule has 1 fully saturated rings. The Morgan fingerprint density at radius 2 is 1.78 bits per heavy atom. The van der Waals surface area contributed by atoms with Gasteiger partial charge in [-0.25, -0.2) is 0 Å². The molecule has 2 aliphatic rings. The second-order valence-electron chi connectivity index (χ2n) is 7.21. The molecule has 1 spiro atoms. The van der Waals surface area contributed by atoms with Gasteiger partial charge in [-0.1, -0.05) is 48.0 Å². The molecule has 23 heavy (non-hydrogen) atoms. The van der Waals surface area contributed by atoms with Gasteiger partial charge in [-0.05, 0) is 56.5 Å². The molecule has 2 nitrogen and oxygen atoms in total. The molecule has 0 atom stereocenters. The first-order valence-electron chi connectivity index (χ1n) is 8.57. The fourth-order valence-corrected chi connectivity index (χ4v) is 4.17. The van der Waals surface area contributed by atoms with Crippen molar-refractivity contribution in [3.8, 4) is 0 Å². The second kappa shape index (κ2) is 5.61. The van der Waals surface area contributed by atoms with E-state index in [0.29, 0.717) is 5.78 Å². The summed E-state index contributed by atoms with van der Waals surface area (Å²) in [4.78, 5) is 15.5. The molecule has 1 aliphatic carbocycles. The van der Waals surface area contributed by atoms with Crippen molar-refractivity contribution < 1.29 is 4.79 Å². The monoisotopic (exact) mass is 305 g/mol. The highest BCUT2D eigenvalue weighted by Gasteiger charge is 2.46. The number of benzene rings is 2. The predicted octanol–water partition coefficient (Wildman–Crippen LogP) is 4.02. The summed E-state index contributed by atoms with van der Waals surface area (Å²) in [6, 6.07) is 17.0. The third-order valence-corrected chi connectivity index (χ3v) is 5.58. The Balaban J connectivity index is 1.47. The highest BCUT2D eigenvalue weighted by Crippen LogP contribution is 2.44. The Labute approximate surface area is 138 Å². The van der Waals surface area contributed by atoms with Gasteiger partial charge in [0.2, 0.25) is 0 Å². The van der Waals surface area contributed by atoms with E-state index < -0.39 is 0 Å². The number of hydrogen-bond donors (Lipinski definition) is 0. The summed E-state index contributed by atoms with van der Waals surface area (Å²) in [7, 11) is 0. The molecule has 0 unspecified atom stereocenters. The van der Waals surface area contributed by atoms with Gasteiger partial charge in [0.15, 0.2) is 5.78 Å². The first kappa shape index (κ1) is 14.6. The first-order chi connectivity index (χ1) is 11.2. The third-order valence-electron chi connectivity index (χ3n) is 5.58. The van der Waals surface area contributed by atoms with Crippen molar-refractivity contribution in [1.29, 1.82) is 0 Å². The van der Waals surface area contributed by atoms with Crippen LogP contribution in [0.15, 0.2) is 48.5 Å². The van der Waals surface area contributed by atoms with Crippen LogP contribution in [-0.2, 0) is 13.0 Å². The van der Waals surface area contributed by atoms with E-state index in [-0.39, 0.29) is 5.41 Å². The molecule has 0 amide bonds. The lowest BCUT2D eigenvalue weighted by molar-refractivity contribution is 0.0623. The largest absolute Gasteiger partial charge is 0.299 e. The molecule has 118 valence electrons. The Bertz CT molecular complexity index is 727. The van der Waals surface area contributed by atoms with E-state index in [9.17, 15) is 4.79 Å². The maximum absolute atomic E-state index is 13.0. The van der Waals surface area contributed by atoms with Crippen LogP contribution in [0.5, 0.6) is 0 Å². The fourth-order valence-electron chi connectivity index (χ4n) is 4.17. The number of likely N-dealkylation sites (tertiary alicyclic amines) is 1. The maximum atomic E-state index is 13.0. The highest BCUT2D eigenvalue weighted by atomic mass is 16.1. The van der Waals surface area contributed by atoms with Gasteiger partial charge in [0, 0.05) is 17.5 Å². The molecule has 0 N–H and O–H groups in total. The zero-order valence-electron chi connectivity index (χ0n) is 13.7. The number of Topliss-reactive ketones (excluding diaryl/α,β-unsaturated/α-hetero) is 1. The van der Waals surface area contributed by atoms with Gasteiger partial charge in [-0.15, -0.1) is 0 Å². The van der Waals surface area contributed by atoms with E-state index in [4.69, 9.17) is 0 Å². The number of hydrogen-bond acceptors (Lipinski definition) is 2. The van der Waals surface area contributed by atoms with Crippen molar-refractivity contribution in [2.75, 3.05) is 13.1 Å². The van der Waals surface area contributed by atoms with Gasteiger partial charge in [-0.3, -0.25) is 9.69 Å². The molecule has 1 heterocycles. The van der Waals surface area contributed by atoms with E-state index in [0.717, 1.165) is 44.5 Å². The van der Waals surface area contributed by atoms with Crippen LogP contribution in [0.25, 0.3) is 0 Å². The number of piperidine rings is 1. The topological polar surface area (TPSA) is 20.3 Å². The van der Waals surface area contributed by atoms with Gasteiger partial charge in [-0.2, -0.15) is 0 Å².